The van der Waals surface area contributed by atoms with Crippen LogP contribution >= 0.6 is 11.6 Å². The minimum Gasteiger partial charge on any atom is -0.325 e. The smallest absolute Gasteiger partial charge is 0.261 e. The molecule has 5 heteroatoms. The molecule has 0 spiro atoms. The number of fused-ring (bicyclic) bond motifs is 1. The van der Waals surface area contributed by atoms with E-state index >= 15 is 0 Å². The van der Waals surface area contributed by atoms with Crippen LogP contribution in [0, 0.1) is 0 Å². The first kappa shape index (κ1) is 10.2. The van der Waals surface area contributed by atoms with Crippen LogP contribution < -0.4 is 5.56 Å². The zero-order valence-corrected chi connectivity index (χ0v) is 9.59. The minimum absolute atomic E-state index is 0.147. The zero-order valence-electron chi connectivity index (χ0n) is 8.84. The summed E-state index contributed by atoms with van der Waals surface area (Å²) in [7, 11) is 0. The van der Waals surface area contributed by atoms with Gasteiger partial charge in [0.1, 0.15) is 11.0 Å². The van der Waals surface area contributed by atoms with Gasteiger partial charge in [0.15, 0.2) is 0 Å². The standard InChI is InChI=1S/C10H12ClN3O/c1-10(2,3)14-4-6(11)7-8(14)12-5-13-9(7)15/h4-5H,1-3H3,(H,12,13,15). The number of nitrogens with one attached hydrogen (secondary N) is 1. The summed E-state index contributed by atoms with van der Waals surface area (Å²) in [5.74, 6) is 0. The molecule has 0 aliphatic carbocycles. The number of rotatable bonds is 0. The molecule has 0 aliphatic rings. The monoisotopic (exact) mass is 225 g/mol. The van der Waals surface area contributed by atoms with Gasteiger partial charge in [0.05, 0.1) is 11.3 Å². The highest BCUT2D eigenvalue weighted by atomic mass is 35.5. The van der Waals surface area contributed by atoms with Gasteiger partial charge in [0, 0.05) is 11.7 Å². The average Bonchev–Trinajstić information content (AvgIpc) is 2.44. The maximum Gasteiger partial charge on any atom is 0.261 e. The lowest BCUT2D eigenvalue weighted by Crippen LogP contribution is -2.21. The van der Waals surface area contributed by atoms with E-state index in [1.54, 1.807) is 6.20 Å². The second-order valence-corrected chi connectivity index (χ2v) is 4.86. The minimum atomic E-state index is -0.201. The van der Waals surface area contributed by atoms with E-state index in [9.17, 15) is 4.79 Å². The van der Waals surface area contributed by atoms with Crippen molar-refractivity contribution in [2.75, 3.05) is 0 Å². The van der Waals surface area contributed by atoms with Crippen LogP contribution in [-0.4, -0.2) is 14.5 Å². The highest BCUT2D eigenvalue weighted by Gasteiger charge is 2.19. The fourth-order valence-corrected chi connectivity index (χ4v) is 1.81. The van der Waals surface area contributed by atoms with Crippen molar-refractivity contribution in [1.29, 1.82) is 0 Å². The molecule has 0 bridgehead atoms. The summed E-state index contributed by atoms with van der Waals surface area (Å²) < 4.78 is 1.90. The molecular formula is C10H12ClN3O. The molecule has 0 fully saturated rings. The maximum atomic E-state index is 11.5. The first-order valence-electron chi connectivity index (χ1n) is 4.66. The van der Waals surface area contributed by atoms with E-state index in [-0.39, 0.29) is 11.1 Å². The van der Waals surface area contributed by atoms with Crippen molar-refractivity contribution in [2.45, 2.75) is 26.3 Å². The van der Waals surface area contributed by atoms with Gasteiger partial charge in [0.2, 0.25) is 0 Å². The average molecular weight is 226 g/mol. The number of halogens is 1. The molecule has 15 heavy (non-hydrogen) atoms. The molecule has 0 saturated carbocycles. The van der Waals surface area contributed by atoms with Crippen LogP contribution in [0.25, 0.3) is 11.0 Å². The van der Waals surface area contributed by atoms with E-state index < -0.39 is 0 Å². The summed E-state index contributed by atoms with van der Waals surface area (Å²) in [6.45, 7) is 6.10. The van der Waals surface area contributed by atoms with Crippen LogP contribution in [0.15, 0.2) is 17.3 Å². The summed E-state index contributed by atoms with van der Waals surface area (Å²) in [4.78, 5) is 18.2. The van der Waals surface area contributed by atoms with E-state index in [2.05, 4.69) is 9.97 Å². The van der Waals surface area contributed by atoms with Crippen LogP contribution in [0.4, 0.5) is 0 Å². The Balaban J connectivity index is 2.92. The Bertz CT molecular complexity index is 562. The third kappa shape index (κ3) is 1.55. The topological polar surface area (TPSA) is 50.7 Å². The van der Waals surface area contributed by atoms with Crippen molar-refractivity contribution >= 4 is 22.6 Å². The summed E-state index contributed by atoms with van der Waals surface area (Å²) in [6.07, 6.45) is 3.14. The lowest BCUT2D eigenvalue weighted by molar-refractivity contribution is 0.408. The summed E-state index contributed by atoms with van der Waals surface area (Å²) in [5, 5.41) is 0.892. The lowest BCUT2D eigenvalue weighted by atomic mass is 10.1. The molecule has 0 aromatic carbocycles. The van der Waals surface area contributed by atoms with Crippen molar-refractivity contribution in [1.82, 2.24) is 14.5 Å². The van der Waals surface area contributed by atoms with Gasteiger partial charge in [-0.05, 0) is 20.8 Å². The van der Waals surface area contributed by atoms with Gasteiger partial charge in [-0.2, -0.15) is 0 Å². The quantitative estimate of drug-likeness (QED) is 0.747. The van der Waals surface area contributed by atoms with Gasteiger partial charge in [-0.25, -0.2) is 4.98 Å². The van der Waals surface area contributed by atoms with Gasteiger partial charge in [-0.1, -0.05) is 11.6 Å². The molecule has 80 valence electrons. The van der Waals surface area contributed by atoms with Crippen molar-refractivity contribution in [3.63, 3.8) is 0 Å². The molecule has 1 N–H and O–H groups in total. The summed E-state index contributed by atoms with van der Waals surface area (Å²) >= 11 is 6.01. The van der Waals surface area contributed by atoms with Crippen LogP contribution in [-0.2, 0) is 5.54 Å². The number of H-pyrrole nitrogens is 1. The molecule has 0 amide bonds. The van der Waals surface area contributed by atoms with Crippen LogP contribution in [0.1, 0.15) is 20.8 Å². The van der Waals surface area contributed by atoms with Crippen molar-refractivity contribution in [3.8, 4) is 0 Å². The second kappa shape index (κ2) is 3.10. The van der Waals surface area contributed by atoms with Crippen molar-refractivity contribution < 1.29 is 0 Å². The predicted octanol–water partition coefficient (Wildman–Crippen LogP) is 2.13. The van der Waals surface area contributed by atoms with E-state index in [4.69, 9.17) is 11.6 Å². The first-order valence-corrected chi connectivity index (χ1v) is 5.04. The molecular weight excluding hydrogens is 214 g/mol. The highest BCUT2D eigenvalue weighted by Crippen LogP contribution is 2.26. The Hall–Kier alpha value is -1.29. The highest BCUT2D eigenvalue weighted by molar-refractivity contribution is 6.35. The van der Waals surface area contributed by atoms with Gasteiger partial charge >= 0.3 is 0 Å². The number of aromatic amines is 1. The maximum absolute atomic E-state index is 11.5. The van der Waals surface area contributed by atoms with Crippen LogP contribution in [0.2, 0.25) is 5.02 Å². The summed E-state index contributed by atoms with van der Waals surface area (Å²) in [5.41, 5.74) is 0.274. The molecule has 0 unspecified atom stereocenters. The Morgan fingerprint density at radius 3 is 2.73 bits per heavy atom. The van der Waals surface area contributed by atoms with E-state index in [1.807, 2.05) is 25.3 Å². The largest absolute Gasteiger partial charge is 0.325 e. The Kier molecular flexibility index (Phi) is 2.12. The van der Waals surface area contributed by atoms with Crippen LogP contribution in [0.5, 0.6) is 0 Å². The Labute approximate surface area is 91.9 Å². The summed E-state index contributed by atoms with van der Waals surface area (Å²) in [6, 6.07) is 0. The van der Waals surface area contributed by atoms with Gasteiger partial charge in [0.25, 0.3) is 5.56 Å². The number of hydrogen-bond donors (Lipinski definition) is 1. The molecule has 2 aromatic rings. The van der Waals surface area contributed by atoms with E-state index in [0.29, 0.717) is 16.1 Å². The molecule has 2 aromatic heterocycles. The van der Waals surface area contributed by atoms with Gasteiger partial charge in [-0.3, -0.25) is 4.79 Å². The van der Waals surface area contributed by atoms with E-state index in [0.717, 1.165) is 0 Å². The zero-order chi connectivity index (χ0) is 11.2. The number of aromatic nitrogens is 3. The fourth-order valence-electron chi connectivity index (χ4n) is 1.54. The molecule has 2 heterocycles. The Morgan fingerprint density at radius 1 is 1.47 bits per heavy atom. The van der Waals surface area contributed by atoms with E-state index in [1.165, 1.54) is 6.33 Å². The van der Waals surface area contributed by atoms with Crippen LogP contribution in [0.3, 0.4) is 0 Å². The van der Waals surface area contributed by atoms with Gasteiger partial charge < -0.3 is 9.55 Å². The molecule has 2 rings (SSSR count). The number of nitrogens with zero attached hydrogens (tertiary/aromatic N) is 2. The lowest BCUT2D eigenvalue weighted by Gasteiger charge is -2.21. The fraction of sp³-hybridized carbons (Fsp3) is 0.400. The van der Waals surface area contributed by atoms with Crippen molar-refractivity contribution in [3.05, 3.63) is 27.9 Å². The third-order valence-electron chi connectivity index (χ3n) is 2.27. The SMILES string of the molecule is CC(C)(C)n1cc(Cl)c2c(=O)[nH]cnc21. The molecule has 0 radical (unpaired) electrons. The first-order chi connectivity index (χ1) is 6.91. The molecule has 0 saturated heterocycles. The molecule has 4 nitrogen and oxygen atoms in total. The third-order valence-corrected chi connectivity index (χ3v) is 2.55. The normalized spacial score (nSPS) is 12.3. The molecule has 0 aliphatic heterocycles. The van der Waals surface area contributed by atoms with Crippen molar-refractivity contribution in [2.24, 2.45) is 0 Å². The number of hydrogen-bond acceptors (Lipinski definition) is 2. The van der Waals surface area contributed by atoms with Gasteiger partial charge in [-0.15, -0.1) is 0 Å². The predicted molar refractivity (Wildman–Crippen MR) is 60.4 cm³/mol. The molecule has 0 atom stereocenters. The Morgan fingerprint density at radius 2 is 2.13 bits per heavy atom. The second-order valence-electron chi connectivity index (χ2n) is 4.45.